The van der Waals surface area contributed by atoms with Gasteiger partial charge in [-0.3, -0.25) is 0 Å². The molecule has 19 heavy (non-hydrogen) atoms. The van der Waals surface area contributed by atoms with Crippen molar-refractivity contribution in [3.8, 4) is 0 Å². The van der Waals surface area contributed by atoms with E-state index in [2.05, 4.69) is 4.72 Å². The van der Waals surface area contributed by atoms with Gasteiger partial charge in [-0.2, -0.15) is 0 Å². The lowest BCUT2D eigenvalue weighted by molar-refractivity contribution is 0.456. The summed E-state index contributed by atoms with van der Waals surface area (Å²) in [6.45, 7) is 0. The molecule has 4 unspecified atom stereocenters. The topological polar surface area (TPSA) is 72.2 Å². The van der Waals surface area contributed by atoms with E-state index in [4.69, 9.17) is 5.73 Å². The van der Waals surface area contributed by atoms with Crippen LogP contribution < -0.4 is 10.5 Å². The van der Waals surface area contributed by atoms with Gasteiger partial charge in [0.15, 0.2) is 0 Å². The lowest BCUT2D eigenvalue weighted by atomic mass is 10.0. The first-order chi connectivity index (χ1) is 9.06. The summed E-state index contributed by atoms with van der Waals surface area (Å²) in [6, 6.07) is 6.69. The minimum Gasteiger partial charge on any atom is -0.399 e. The first-order valence-corrected chi connectivity index (χ1v) is 8.42. The number of sulfonamides is 1. The quantitative estimate of drug-likeness (QED) is 0.825. The second-order valence-electron chi connectivity index (χ2n) is 6.21. The van der Waals surface area contributed by atoms with Gasteiger partial charge in [0.05, 0.1) is 4.90 Å². The summed E-state index contributed by atoms with van der Waals surface area (Å²) >= 11 is 0. The average Bonchev–Trinajstić information content (AvgIpc) is 2.77. The molecular weight excluding hydrogens is 260 g/mol. The minimum atomic E-state index is -3.41. The normalized spacial score (nSPS) is 39.3. The highest BCUT2D eigenvalue weighted by Gasteiger charge is 2.65. The zero-order valence-electron chi connectivity index (χ0n) is 10.6. The fraction of sp³-hybridized carbons (Fsp3) is 0.571. The van der Waals surface area contributed by atoms with Gasteiger partial charge < -0.3 is 5.73 Å². The van der Waals surface area contributed by atoms with Gasteiger partial charge in [0.2, 0.25) is 10.0 Å². The molecule has 0 aliphatic heterocycles. The van der Waals surface area contributed by atoms with E-state index in [0.717, 1.165) is 11.8 Å². The molecular formula is C14H18N2O2S. The average molecular weight is 278 g/mol. The maximum absolute atomic E-state index is 12.3. The van der Waals surface area contributed by atoms with Crippen LogP contribution in [0.2, 0.25) is 0 Å². The van der Waals surface area contributed by atoms with Crippen molar-refractivity contribution in [2.75, 3.05) is 5.73 Å². The van der Waals surface area contributed by atoms with Gasteiger partial charge in [0, 0.05) is 11.7 Å². The fourth-order valence-electron chi connectivity index (χ4n) is 4.41. The molecule has 102 valence electrons. The Balaban J connectivity index is 1.55. The van der Waals surface area contributed by atoms with Crippen molar-refractivity contribution in [3.05, 3.63) is 24.3 Å². The number of hydrogen-bond donors (Lipinski definition) is 2. The van der Waals surface area contributed by atoms with E-state index in [0.29, 0.717) is 17.5 Å². The maximum atomic E-state index is 12.3. The van der Waals surface area contributed by atoms with Gasteiger partial charge in [-0.1, -0.05) is 6.07 Å². The zero-order valence-corrected chi connectivity index (χ0v) is 11.4. The highest BCUT2D eigenvalue weighted by atomic mass is 32.2. The molecule has 4 atom stereocenters. The van der Waals surface area contributed by atoms with Gasteiger partial charge >= 0.3 is 0 Å². The van der Waals surface area contributed by atoms with Crippen LogP contribution in [0.15, 0.2) is 29.2 Å². The summed E-state index contributed by atoms with van der Waals surface area (Å²) in [4.78, 5) is 0.282. The highest BCUT2D eigenvalue weighted by molar-refractivity contribution is 7.89. The Bertz CT molecular complexity index is 612. The van der Waals surface area contributed by atoms with Gasteiger partial charge in [0.1, 0.15) is 0 Å². The second kappa shape index (κ2) is 3.73. The molecule has 3 aliphatic carbocycles. The Morgan fingerprint density at radius 3 is 2.47 bits per heavy atom. The Labute approximate surface area is 113 Å². The van der Waals surface area contributed by atoms with Gasteiger partial charge in [-0.05, 0) is 61.1 Å². The summed E-state index contributed by atoms with van der Waals surface area (Å²) in [5, 5.41) is 0. The van der Waals surface area contributed by atoms with Crippen LogP contribution in [-0.4, -0.2) is 14.5 Å². The molecule has 0 radical (unpaired) electrons. The van der Waals surface area contributed by atoms with Crippen LogP contribution in [0, 0.1) is 23.7 Å². The second-order valence-corrected chi connectivity index (χ2v) is 7.92. The van der Waals surface area contributed by atoms with Crippen molar-refractivity contribution in [1.82, 2.24) is 4.72 Å². The molecule has 0 spiro atoms. The van der Waals surface area contributed by atoms with Crippen molar-refractivity contribution in [2.24, 2.45) is 23.7 Å². The summed E-state index contributed by atoms with van der Waals surface area (Å²) in [6.07, 6.45) is 3.91. The predicted octanol–water partition coefficient (Wildman–Crippen LogP) is 1.59. The largest absolute Gasteiger partial charge is 0.399 e. The smallest absolute Gasteiger partial charge is 0.240 e. The van der Waals surface area contributed by atoms with E-state index in [1.807, 2.05) is 0 Å². The van der Waals surface area contributed by atoms with Crippen molar-refractivity contribution >= 4 is 15.7 Å². The molecule has 3 saturated carbocycles. The highest BCUT2D eigenvalue weighted by Crippen LogP contribution is 2.65. The van der Waals surface area contributed by atoms with Gasteiger partial charge in [-0.15, -0.1) is 0 Å². The van der Waals surface area contributed by atoms with Crippen LogP contribution in [0.4, 0.5) is 5.69 Å². The van der Waals surface area contributed by atoms with E-state index < -0.39 is 10.0 Å². The first-order valence-electron chi connectivity index (χ1n) is 6.94. The fourth-order valence-corrected chi connectivity index (χ4v) is 5.77. The Morgan fingerprint density at radius 1 is 1.16 bits per heavy atom. The number of nitrogen functional groups attached to an aromatic ring is 1. The number of nitrogens with two attached hydrogens (primary N) is 1. The van der Waals surface area contributed by atoms with Crippen molar-refractivity contribution < 1.29 is 8.42 Å². The minimum absolute atomic E-state index is 0.178. The van der Waals surface area contributed by atoms with E-state index in [1.54, 1.807) is 18.2 Å². The van der Waals surface area contributed by atoms with Crippen LogP contribution in [0.5, 0.6) is 0 Å². The monoisotopic (exact) mass is 278 g/mol. The van der Waals surface area contributed by atoms with Crippen LogP contribution in [0.25, 0.3) is 0 Å². The van der Waals surface area contributed by atoms with E-state index in [9.17, 15) is 8.42 Å². The molecule has 4 nitrogen and oxygen atoms in total. The Morgan fingerprint density at radius 2 is 1.84 bits per heavy atom. The van der Waals surface area contributed by atoms with E-state index >= 15 is 0 Å². The number of nitrogens with one attached hydrogen (secondary N) is 1. The van der Waals surface area contributed by atoms with E-state index in [-0.39, 0.29) is 10.9 Å². The molecule has 3 aliphatic rings. The number of anilines is 1. The van der Waals surface area contributed by atoms with E-state index in [1.165, 1.54) is 25.3 Å². The van der Waals surface area contributed by atoms with Crippen molar-refractivity contribution in [1.29, 1.82) is 0 Å². The lowest BCUT2D eigenvalue weighted by Crippen LogP contribution is -2.30. The molecule has 4 rings (SSSR count). The first kappa shape index (κ1) is 11.7. The molecule has 0 amide bonds. The molecule has 0 saturated heterocycles. The lowest BCUT2D eigenvalue weighted by Gasteiger charge is -2.11. The molecule has 2 bridgehead atoms. The van der Waals surface area contributed by atoms with Gasteiger partial charge in [0.25, 0.3) is 0 Å². The number of rotatable bonds is 3. The van der Waals surface area contributed by atoms with Gasteiger partial charge in [-0.25, -0.2) is 13.1 Å². The van der Waals surface area contributed by atoms with Crippen LogP contribution >= 0.6 is 0 Å². The number of hydrogen-bond acceptors (Lipinski definition) is 3. The summed E-state index contributed by atoms with van der Waals surface area (Å²) in [5.41, 5.74) is 6.14. The third-order valence-electron chi connectivity index (χ3n) is 5.19. The summed E-state index contributed by atoms with van der Waals surface area (Å²) < 4.78 is 27.6. The SMILES string of the molecule is Nc1cccc(S(=O)(=O)NC2C3C4CCC(C4)C23)c1. The molecule has 0 heterocycles. The molecule has 3 fully saturated rings. The standard InChI is InChI=1S/C14H18N2O2S/c15-10-2-1-3-11(7-10)19(17,18)16-14-12-8-4-5-9(6-8)13(12)14/h1-3,7-9,12-14,16H,4-6,15H2. The molecule has 3 N–H and O–H groups in total. The maximum Gasteiger partial charge on any atom is 0.240 e. The third kappa shape index (κ3) is 1.71. The van der Waals surface area contributed by atoms with Crippen LogP contribution in [-0.2, 0) is 10.0 Å². The van der Waals surface area contributed by atoms with Crippen molar-refractivity contribution in [2.45, 2.75) is 30.2 Å². The predicted molar refractivity (Wildman–Crippen MR) is 72.8 cm³/mol. The number of benzene rings is 1. The summed E-state index contributed by atoms with van der Waals surface area (Å²) in [5.74, 6) is 2.75. The van der Waals surface area contributed by atoms with Crippen LogP contribution in [0.1, 0.15) is 19.3 Å². The summed E-state index contributed by atoms with van der Waals surface area (Å²) in [7, 11) is -3.41. The number of fused-ring (bicyclic) bond motifs is 5. The molecule has 1 aromatic rings. The molecule has 1 aromatic carbocycles. The molecule has 5 heteroatoms. The molecule has 0 aromatic heterocycles. The van der Waals surface area contributed by atoms with Crippen molar-refractivity contribution in [3.63, 3.8) is 0 Å². The van der Waals surface area contributed by atoms with Crippen LogP contribution in [0.3, 0.4) is 0 Å². The Kier molecular flexibility index (Phi) is 2.30. The third-order valence-corrected chi connectivity index (χ3v) is 6.65. The Hall–Kier alpha value is -1.07. The zero-order chi connectivity index (χ0) is 13.2.